The summed E-state index contributed by atoms with van der Waals surface area (Å²) in [7, 11) is 0. The van der Waals surface area contributed by atoms with Crippen molar-refractivity contribution in [3.05, 3.63) is 60.3 Å². The first-order valence-corrected chi connectivity index (χ1v) is 6.39. The first kappa shape index (κ1) is 15.8. The number of aromatic nitrogens is 1. The third kappa shape index (κ3) is 3.72. The van der Waals surface area contributed by atoms with E-state index in [-0.39, 0.29) is 17.1 Å². The van der Waals surface area contributed by atoms with Crippen molar-refractivity contribution in [2.75, 3.05) is 0 Å². The molecule has 1 N–H and O–H groups in total. The highest BCUT2D eigenvalue weighted by Crippen LogP contribution is 2.33. The van der Waals surface area contributed by atoms with Crippen molar-refractivity contribution in [2.45, 2.75) is 13.1 Å². The van der Waals surface area contributed by atoms with Crippen LogP contribution in [0.3, 0.4) is 0 Å². The number of amides is 1. The lowest BCUT2D eigenvalue weighted by atomic mass is 10.1. The number of hydrogen-bond acceptors (Lipinski definition) is 2. The summed E-state index contributed by atoms with van der Waals surface area (Å²) in [6, 6.07) is 10.3. The average Bonchev–Trinajstić information content (AvgIpc) is 2.46. The van der Waals surface area contributed by atoms with Gasteiger partial charge in [0, 0.05) is 12.5 Å². The maximum Gasteiger partial charge on any atom is 0.416 e. The topological polar surface area (TPSA) is 42.0 Å². The predicted octanol–water partition coefficient (Wildman–Crippen LogP) is 3.87. The number of carbonyl (C=O) groups excluding carboxylic acids is 1. The first-order valence-electron chi connectivity index (χ1n) is 6.39. The summed E-state index contributed by atoms with van der Waals surface area (Å²) in [5, 5.41) is 2.35. The van der Waals surface area contributed by atoms with Crippen LogP contribution in [-0.4, -0.2) is 10.9 Å². The smallest absolute Gasteiger partial charge is 0.325 e. The van der Waals surface area contributed by atoms with Gasteiger partial charge in [0.25, 0.3) is 0 Å². The summed E-state index contributed by atoms with van der Waals surface area (Å²) in [4.78, 5) is 15.2. The van der Waals surface area contributed by atoms with Gasteiger partial charge in [-0.3, -0.25) is 4.79 Å². The average molecular weight is 306 g/mol. The van der Waals surface area contributed by atoms with Gasteiger partial charge in [0.2, 0.25) is 5.91 Å². The van der Waals surface area contributed by atoms with Crippen molar-refractivity contribution < 1.29 is 18.0 Å². The Labute approximate surface area is 125 Å². The van der Waals surface area contributed by atoms with E-state index in [1.165, 1.54) is 6.92 Å². The number of rotatable bonds is 3. The van der Waals surface area contributed by atoms with Crippen LogP contribution in [-0.2, 0) is 11.0 Å². The highest BCUT2D eigenvalue weighted by Gasteiger charge is 2.32. The van der Waals surface area contributed by atoms with E-state index in [2.05, 4.69) is 16.9 Å². The van der Waals surface area contributed by atoms with Crippen LogP contribution in [0.15, 0.2) is 49.0 Å². The minimum Gasteiger partial charge on any atom is -0.325 e. The zero-order chi connectivity index (χ0) is 16.3. The molecule has 114 valence electrons. The molecule has 0 saturated carbocycles. The van der Waals surface area contributed by atoms with E-state index in [9.17, 15) is 18.0 Å². The molecule has 0 fully saturated rings. The molecule has 0 radical (unpaired) electrons. The summed E-state index contributed by atoms with van der Waals surface area (Å²) in [6.07, 6.45) is -4.52. The highest BCUT2D eigenvalue weighted by atomic mass is 19.4. The van der Waals surface area contributed by atoms with Gasteiger partial charge in [-0.15, -0.1) is 0 Å². The minimum absolute atomic E-state index is 0.0239. The molecule has 0 atom stereocenters. The van der Waals surface area contributed by atoms with Crippen molar-refractivity contribution >= 4 is 11.6 Å². The number of hydrogen-bond donors (Lipinski definition) is 1. The monoisotopic (exact) mass is 306 g/mol. The Morgan fingerprint density at radius 1 is 1.18 bits per heavy atom. The molecule has 0 aliphatic carbocycles. The molecular weight excluding hydrogens is 293 g/mol. The Morgan fingerprint density at radius 2 is 1.82 bits per heavy atom. The lowest BCUT2D eigenvalue weighted by molar-refractivity contribution is -0.137. The van der Waals surface area contributed by atoms with Crippen LogP contribution in [0.2, 0.25) is 0 Å². The fraction of sp³-hybridized carbons (Fsp3) is 0.125. The quantitative estimate of drug-likeness (QED) is 0.935. The molecule has 1 aromatic heterocycles. The Balaban J connectivity index is 2.55. The number of pyridine rings is 1. The second-order valence-corrected chi connectivity index (χ2v) is 4.65. The summed E-state index contributed by atoms with van der Waals surface area (Å²) >= 11 is 0. The van der Waals surface area contributed by atoms with Crippen LogP contribution in [0.5, 0.6) is 0 Å². The maximum absolute atomic E-state index is 13.0. The molecular formula is C16H13F3N2O. The predicted molar refractivity (Wildman–Crippen MR) is 77.5 cm³/mol. The Morgan fingerprint density at radius 3 is 2.36 bits per heavy atom. The Hall–Kier alpha value is -2.63. The van der Waals surface area contributed by atoms with Gasteiger partial charge in [0.15, 0.2) is 0 Å². The molecule has 3 nitrogen and oxygen atoms in total. The SMILES string of the molecule is C=C(NC(C)=O)c1cc(C(F)(F)F)cc(-c2ccccc2)n1. The van der Waals surface area contributed by atoms with Gasteiger partial charge in [0.1, 0.15) is 0 Å². The molecule has 1 aromatic carbocycles. The van der Waals surface area contributed by atoms with Crippen LogP contribution < -0.4 is 5.32 Å². The molecule has 0 aliphatic rings. The molecule has 6 heteroatoms. The van der Waals surface area contributed by atoms with Gasteiger partial charge in [-0.2, -0.15) is 13.2 Å². The third-order valence-corrected chi connectivity index (χ3v) is 2.86. The van der Waals surface area contributed by atoms with E-state index < -0.39 is 17.6 Å². The molecule has 2 rings (SSSR count). The van der Waals surface area contributed by atoms with E-state index in [0.29, 0.717) is 5.56 Å². The van der Waals surface area contributed by atoms with Crippen LogP contribution >= 0.6 is 0 Å². The van der Waals surface area contributed by atoms with E-state index in [4.69, 9.17) is 0 Å². The lowest BCUT2D eigenvalue weighted by Crippen LogP contribution is -2.18. The van der Waals surface area contributed by atoms with Crippen molar-refractivity contribution in [3.8, 4) is 11.3 Å². The van der Waals surface area contributed by atoms with Crippen LogP contribution in [0.4, 0.5) is 13.2 Å². The lowest BCUT2D eigenvalue weighted by Gasteiger charge is -2.13. The van der Waals surface area contributed by atoms with E-state index >= 15 is 0 Å². The van der Waals surface area contributed by atoms with Crippen molar-refractivity contribution in [1.29, 1.82) is 0 Å². The second kappa shape index (κ2) is 6.01. The number of carbonyl (C=O) groups is 1. The van der Waals surface area contributed by atoms with Crippen molar-refractivity contribution in [2.24, 2.45) is 0 Å². The van der Waals surface area contributed by atoms with Gasteiger partial charge in [-0.25, -0.2) is 4.98 Å². The summed E-state index contributed by atoms with van der Waals surface area (Å²) in [5.41, 5.74) is -0.134. The largest absolute Gasteiger partial charge is 0.416 e. The van der Waals surface area contributed by atoms with Gasteiger partial charge in [-0.05, 0) is 12.1 Å². The van der Waals surface area contributed by atoms with E-state index in [0.717, 1.165) is 12.1 Å². The standard InChI is InChI=1S/C16H13F3N2O/c1-10(20-11(2)22)14-8-13(16(17,18)19)9-15(21-14)12-6-4-3-5-7-12/h3-9H,1H2,2H3,(H,20,22). The van der Waals surface area contributed by atoms with Gasteiger partial charge >= 0.3 is 6.18 Å². The molecule has 1 amide bonds. The number of nitrogens with one attached hydrogen (secondary N) is 1. The van der Waals surface area contributed by atoms with E-state index in [1.807, 2.05) is 0 Å². The number of benzene rings is 1. The summed E-state index contributed by atoms with van der Waals surface area (Å²) < 4.78 is 39.1. The van der Waals surface area contributed by atoms with Crippen LogP contribution in [0.25, 0.3) is 17.0 Å². The molecule has 2 aromatic rings. The zero-order valence-corrected chi connectivity index (χ0v) is 11.7. The number of alkyl halides is 3. The number of nitrogens with zero attached hydrogens (tertiary/aromatic N) is 1. The van der Waals surface area contributed by atoms with Crippen molar-refractivity contribution in [1.82, 2.24) is 10.3 Å². The molecule has 0 saturated heterocycles. The summed E-state index contributed by atoms with van der Waals surface area (Å²) in [5.74, 6) is -0.425. The van der Waals surface area contributed by atoms with Gasteiger partial charge in [-0.1, -0.05) is 36.9 Å². The normalized spacial score (nSPS) is 11.1. The van der Waals surface area contributed by atoms with Crippen LogP contribution in [0.1, 0.15) is 18.2 Å². The van der Waals surface area contributed by atoms with E-state index in [1.54, 1.807) is 30.3 Å². The van der Waals surface area contributed by atoms with Gasteiger partial charge in [0.05, 0.1) is 22.6 Å². The second-order valence-electron chi connectivity index (χ2n) is 4.65. The number of halogens is 3. The third-order valence-electron chi connectivity index (χ3n) is 2.86. The minimum atomic E-state index is -4.52. The Bertz CT molecular complexity index is 709. The fourth-order valence-corrected chi connectivity index (χ4v) is 1.88. The van der Waals surface area contributed by atoms with Crippen molar-refractivity contribution in [3.63, 3.8) is 0 Å². The highest BCUT2D eigenvalue weighted by molar-refractivity contribution is 5.84. The summed E-state index contributed by atoms with van der Waals surface area (Å²) in [6.45, 7) is 4.81. The van der Waals surface area contributed by atoms with Crippen LogP contribution in [0, 0.1) is 0 Å². The molecule has 22 heavy (non-hydrogen) atoms. The molecule has 1 heterocycles. The Kier molecular flexibility index (Phi) is 4.30. The van der Waals surface area contributed by atoms with Gasteiger partial charge < -0.3 is 5.32 Å². The first-order chi connectivity index (χ1) is 10.3. The maximum atomic E-state index is 13.0. The molecule has 0 aliphatic heterocycles. The zero-order valence-electron chi connectivity index (χ0n) is 11.7. The molecule has 0 bridgehead atoms. The fourth-order valence-electron chi connectivity index (χ4n) is 1.88. The molecule has 0 spiro atoms. The molecule has 0 unspecified atom stereocenters.